The number of thioether (sulfide) groups is 1. The molecule has 0 aromatic heterocycles. The smallest absolute Gasteiger partial charge is 0.310 e. The summed E-state index contributed by atoms with van der Waals surface area (Å²) >= 11 is 1.43. The van der Waals surface area contributed by atoms with Gasteiger partial charge >= 0.3 is 5.97 Å². The minimum Gasteiger partial charge on any atom is -0.466 e. The van der Waals surface area contributed by atoms with E-state index in [4.69, 9.17) is 4.74 Å². The van der Waals surface area contributed by atoms with Crippen LogP contribution in [-0.4, -0.2) is 42.4 Å². The second kappa shape index (κ2) is 9.39. The Morgan fingerprint density at radius 2 is 1.97 bits per heavy atom. The molecule has 2 heterocycles. The van der Waals surface area contributed by atoms with Gasteiger partial charge in [0.25, 0.3) is 11.8 Å². The van der Waals surface area contributed by atoms with E-state index < -0.39 is 0 Å². The molecule has 6 nitrogen and oxygen atoms in total. The second-order valence-corrected chi connectivity index (χ2v) is 8.61. The molecular weight excluding hydrogens is 412 g/mol. The molecule has 1 fully saturated rings. The van der Waals surface area contributed by atoms with Gasteiger partial charge in [0.2, 0.25) is 0 Å². The van der Waals surface area contributed by atoms with Gasteiger partial charge in [-0.15, -0.1) is 0 Å². The Morgan fingerprint density at radius 1 is 1.19 bits per heavy atom. The molecule has 2 aliphatic heterocycles. The highest BCUT2D eigenvalue weighted by Crippen LogP contribution is 2.38. The molecule has 0 bridgehead atoms. The van der Waals surface area contributed by atoms with Crippen molar-refractivity contribution >= 4 is 41.3 Å². The standard InChI is InChI=1S/C24H24N2O4S/c1-2-30-24(29)18-6-5-13-26(15-18)23(28)17-11-9-16(10-12-17)14-21-22(27)25-19-7-3-4-8-20(19)31-21/h3-4,7-12,14,18H,2,5-6,13,15H2,1H3,(H,25,27)/b21-14+/t18-/m0/s1. The maximum absolute atomic E-state index is 12.9. The second-order valence-electron chi connectivity index (χ2n) is 7.53. The lowest BCUT2D eigenvalue weighted by Gasteiger charge is -2.31. The number of anilines is 1. The molecule has 1 atom stereocenters. The van der Waals surface area contributed by atoms with E-state index >= 15 is 0 Å². The first-order valence-corrected chi connectivity index (χ1v) is 11.2. The van der Waals surface area contributed by atoms with Crippen LogP contribution in [0.1, 0.15) is 35.7 Å². The number of ether oxygens (including phenoxy) is 1. The molecule has 0 unspecified atom stereocenters. The van der Waals surface area contributed by atoms with Gasteiger partial charge in [-0.25, -0.2) is 0 Å². The van der Waals surface area contributed by atoms with Gasteiger partial charge in [-0.1, -0.05) is 36.0 Å². The normalized spacial score (nSPS) is 19.5. The van der Waals surface area contributed by atoms with E-state index in [0.717, 1.165) is 29.0 Å². The highest BCUT2D eigenvalue weighted by molar-refractivity contribution is 8.04. The summed E-state index contributed by atoms with van der Waals surface area (Å²) in [5.41, 5.74) is 2.23. The number of fused-ring (bicyclic) bond motifs is 1. The third-order valence-electron chi connectivity index (χ3n) is 5.36. The zero-order chi connectivity index (χ0) is 21.8. The van der Waals surface area contributed by atoms with Crippen LogP contribution in [0.5, 0.6) is 0 Å². The summed E-state index contributed by atoms with van der Waals surface area (Å²) in [5, 5.41) is 2.90. The predicted molar refractivity (Wildman–Crippen MR) is 121 cm³/mol. The lowest BCUT2D eigenvalue weighted by atomic mass is 9.97. The van der Waals surface area contributed by atoms with Crippen LogP contribution in [0.25, 0.3) is 6.08 Å². The minimum absolute atomic E-state index is 0.0908. The molecule has 160 valence electrons. The van der Waals surface area contributed by atoms with Crippen molar-refractivity contribution in [1.82, 2.24) is 4.90 Å². The topological polar surface area (TPSA) is 75.7 Å². The van der Waals surface area contributed by atoms with Gasteiger partial charge in [0.05, 0.1) is 23.1 Å². The molecule has 0 spiro atoms. The van der Waals surface area contributed by atoms with Crippen molar-refractivity contribution < 1.29 is 19.1 Å². The molecule has 2 aromatic carbocycles. The maximum Gasteiger partial charge on any atom is 0.310 e. The van der Waals surface area contributed by atoms with Gasteiger partial charge in [-0.2, -0.15) is 0 Å². The quantitative estimate of drug-likeness (QED) is 0.575. The van der Waals surface area contributed by atoms with E-state index in [0.29, 0.717) is 30.2 Å². The van der Waals surface area contributed by atoms with Crippen LogP contribution >= 0.6 is 11.8 Å². The number of hydrogen-bond acceptors (Lipinski definition) is 5. The average molecular weight is 437 g/mol. The fourth-order valence-electron chi connectivity index (χ4n) is 3.77. The number of carbonyl (C=O) groups is 3. The van der Waals surface area contributed by atoms with Crippen LogP contribution in [0.15, 0.2) is 58.3 Å². The van der Waals surface area contributed by atoms with Gasteiger partial charge < -0.3 is 15.0 Å². The van der Waals surface area contributed by atoms with Crippen LogP contribution in [0.3, 0.4) is 0 Å². The molecule has 0 radical (unpaired) electrons. The van der Waals surface area contributed by atoms with Crippen molar-refractivity contribution in [2.45, 2.75) is 24.7 Å². The third kappa shape index (κ3) is 4.82. The molecule has 0 aliphatic carbocycles. The first kappa shape index (κ1) is 21.2. The fourth-order valence-corrected chi connectivity index (χ4v) is 4.72. The van der Waals surface area contributed by atoms with Crippen LogP contribution in [0.2, 0.25) is 0 Å². The number of nitrogens with one attached hydrogen (secondary N) is 1. The lowest BCUT2D eigenvalue weighted by molar-refractivity contribution is -0.149. The molecule has 1 N–H and O–H groups in total. The Hall–Kier alpha value is -3.06. The summed E-state index contributed by atoms with van der Waals surface area (Å²) in [7, 11) is 0. The Labute approximate surface area is 185 Å². The highest BCUT2D eigenvalue weighted by atomic mass is 32.2. The summed E-state index contributed by atoms with van der Waals surface area (Å²) in [6.07, 6.45) is 3.35. The average Bonchev–Trinajstić information content (AvgIpc) is 2.80. The van der Waals surface area contributed by atoms with E-state index in [1.807, 2.05) is 42.5 Å². The first-order chi connectivity index (χ1) is 15.0. The van der Waals surface area contributed by atoms with Crippen molar-refractivity contribution in [3.63, 3.8) is 0 Å². The Bertz CT molecular complexity index is 1030. The number of likely N-dealkylation sites (tertiary alicyclic amines) is 1. The van der Waals surface area contributed by atoms with Gasteiger partial charge in [-0.05, 0) is 55.7 Å². The molecule has 7 heteroatoms. The number of amides is 2. The number of para-hydroxylation sites is 1. The van der Waals surface area contributed by atoms with Gasteiger partial charge in [-0.3, -0.25) is 14.4 Å². The predicted octanol–water partition coefficient (Wildman–Crippen LogP) is 4.19. The molecule has 31 heavy (non-hydrogen) atoms. The number of hydrogen-bond donors (Lipinski definition) is 1. The van der Waals surface area contributed by atoms with Crippen molar-refractivity contribution in [2.75, 3.05) is 25.0 Å². The van der Waals surface area contributed by atoms with E-state index in [2.05, 4.69) is 5.32 Å². The summed E-state index contributed by atoms with van der Waals surface area (Å²) in [4.78, 5) is 40.6. The number of benzene rings is 2. The largest absolute Gasteiger partial charge is 0.466 e. The first-order valence-electron chi connectivity index (χ1n) is 10.4. The molecule has 1 saturated heterocycles. The molecule has 4 rings (SSSR count). The SMILES string of the molecule is CCOC(=O)[C@H]1CCCN(C(=O)c2ccc(/C=C3/Sc4ccccc4NC3=O)cc2)C1. The fraction of sp³-hybridized carbons (Fsp3) is 0.292. The van der Waals surface area contributed by atoms with Gasteiger partial charge in [0, 0.05) is 23.5 Å². The summed E-state index contributed by atoms with van der Waals surface area (Å²) in [5.74, 6) is -0.715. The van der Waals surface area contributed by atoms with Crippen molar-refractivity contribution in [3.8, 4) is 0 Å². The van der Waals surface area contributed by atoms with Crippen LogP contribution < -0.4 is 5.32 Å². The number of esters is 1. The van der Waals surface area contributed by atoms with Crippen LogP contribution in [-0.2, 0) is 14.3 Å². The third-order valence-corrected chi connectivity index (χ3v) is 6.46. The monoisotopic (exact) mass is 436 g/mol. The minimum atomic E-state index is -0.258. The molecule has 2 aliphatic rings. The number of carbonyl (C=O) groups excluding carboxylic acids is 3. The molecule has 2 aromatic rings. The van der Waals surface area contributed by atoms with Gasteiger partial charge in [0.15, 0.2) is 0 Å². The summed E-state index contributed by atoms with van der Waals surface area (Å²) < 4.78 is 5.12. The summed E-state index contributed by atoms with van der Waals surface area (Å²) in [6.45, 7) is 3.16. The Morgan fingerprint density at radius 3 is 2.74 bits per heavy atom. The zero-order valence-electron chi connectivity index (χ0n) is 17.3. The van der Waals surface area contributed by atoms with E-state index in [1.54, 1.807) is 24.0 Å². The van der Waals surface area contributed by atoms with Gasteiger partial charge in [0.1, 0.15) is 0 Å². The van der Waals surface area contributed by atoms with E-state index in [-0.39, 0.29) is 23.7 Å². The Kier molecular flexibility index (Phi) is 6.42. The van der Waals surface area contributed by atoms with Crippen LogP contribution in [0.4, 0.5) is 5.69 Å². The molecule has 0 saturated carbocycles. The van der Waals surface area contributed by atoms with E-state index in [9.17, 15) is 14.4 Å². The number of piperidine rings is 1. The number of rotatable bonds is 4. The van der Waals surface area contributed by atoms with E-state index in [1.165, 1.54) is 11.8 Å². The van der Waals surface area contributed by atoms with Crippen LogP contribution in [0, 0.1) is 5.92 Å². The lowest BCUT2D eigenvalue weighted by Crippen LogP contribution is -2.42. The molecule has 2 amide bonds. The van der Waals surface area contributed by atoms with Crippen molar-refractivity contribution in [1.29, 1.82) is 0 Å². The summed E-state index contributed by atoms with van der Waals surface area (Å²) in [6, 6.07) is 14.9. The molecular formula is C24H24N2O4S. The Balaban J connectivity index is 1.45. The zero-order valence-corrected chi connectivity index (χ0v) is 18.1. The number of nitrogens with zero attached hydrogens (tertiary/aromatic N) is 1. The highest BCUT2D eigenvalue weighted by Gasteiger charge is 2.29. The maximum atomic E-state index is 12.9. The van der Waals surface area contributed by atoms with Crippen molar-refractivity contribution in [3.05, 3.63) is 64.6 Å². The van der Waals surface area contributed by atoms with Crippen molar-refractivity contribution in [2.24, 2.45) is 5.92 Å².